The summed E-state index contributed by atoms with van der Waals surface area (Å²) >= 11 is 0. The minimum atomic E-state index is -0.363. The van der Waals surface area contributed by atoms with Gasteiger partial charge in [0.1, 0.15) is 0 Å². The molecule has 0 fully saturated rings. The molecule has 2 N–H and O–H groups in total. The van der Waals surface area contributed by atoms with Crippen LogP contribution in [0.25, 0.3) is 10.9 Å². The van der Waals surface area contributed by atoms with Crippen LogP contribution >= 0.6 is 0 Å². The molecule has 3 rings (SSSR count). The molecule has 0 spiro atoms. The average molecular weight is 308 g/mol. The summed E-state index contributed by atoms with van der Waals surface area (Å²) in [7, 11) is 1.35. The summed E-state index contributed by atoms with van der Waals surface area (Å²) < 4.78 is 6.64. The summed E-state index contributed by atoms with van der Waals surface area (Å²) in [6.45, 7) is 0.571. The Bertz CT molecular complexity index is 927. The van der Waals surface area contributed by atoms with Crippen LogP contribution in [0.5, 0.6) is 0 Å². The predicted molar refractivity (Wildman–Crippen MR) is 89.5 cm³/mol. The number of pyridine rings is 1. The van der Waals surface area contributed by atoms with Gasteiger partial charge in [-0.15, -0.1) is 0 Å². The Morgan fingerprint density at radius 3 is 2.57 bits per heavy atom. The quantitative estimate of drug-likeness (QED) is 0.595. The van der Waals surface area contributed by atoms with Gasteiger partial charge < -0.3 is 15.0 Å². The van der Waals surface area contributed by atoms with E-state index in [9.17, 15) is 9.59 Å². The van der Waals surface area contributed by atoms with Crippen LogP contribution in [0, 0.1) is 0 Å². The third-order valence-electron chi connectivity index (χ3n) is 3.73. The number of ether oxygens (including phenoxy) is 1. The van der Waals surface area contributed by atoms with Crippen molar-refractivity contribution in [3.8, 4) is 0 Å². The van der Waals surface area contributed by atoms with Crippen LogP contribution in [0.4, 0.5) is 5.69 Å². The zero-order chi connectivity index (χ0) is 16.4. The van der Waals surface area contributed by atoms with Gasteiger partial charge in [-0.1, -0.05) is 12.1 Å². The molecule has 5 nitrogen and oxygen atoms in total. The maximum atomic E-state index is 11.9. The zero-order valence-corrected chi connectivity index (χ0v) is 12.7. The van der Waals surface area contributed by atoms with Crippen molar-refractivity contribution in [3.05, 3.63) is 76.1 Å². The molecule has 0 aliphatic carbocycles. The van der Waals surface area contributed by atoms with Gasteiger partial charge in [0.15, 0.2) is 5.43 Å². The molecule has 0 saturated carbocycles. The molecule has 5 heteroatoms. The lowest BCUT2D eigenvalue weighted by Gasteiger charge is -2.11. The highest BCUT2D eigenvalue weighted by molar-refractivity contribution is 5.89. The minimum Gasteiger partial charge on any atom is -0.465 e. The van der Waals surface area contributed by atoms with Gasteiger partial charge in [0.2, 0.25) is 0 Å². The lowest BCUT2D eigenvalue weighted by atomic mass is 10.1. The first-order chi connectivity index (χ1) is 11.1. The van der Waals surface area contributed by atoms with Crippen molar-refractivity contribution in [2.45, 2.75) is 6.54 Å². The molecule has 0 atom stereocenters. The standard InChI is InChI=1S/C18H16N2O3/c1-23-18(22)13-4-2-12(3-5-13)11-20-9-8-17(21)15-7-6-14(19)10-16(15)20/h2-10H,11,19H2,1H3. The molecular weight excluding hydrogens is 292 g/mol. The molecule has 0 saturated heterocycles. The van der Waals surface area contributed by atoms with Gasteiger partial charge in [0, 0.05) is 29.9 Å². The Kier molecular flexibility index (Phi) is 3.85. The van der Waals surface area contributed by atoms with Gasteiger partial charge in [-0.25, -0.2) is 4.79 Å². The number of rotatable bonds is 3. The van der Waals surface area contributed by atoms with Gasteiger partial charge in [-0.05, 0) is 35.9 Å². The Balaban J connectivity index is 1.98. The summed E-state index contributed by atoms with van der Waals surface area (Å²) in [5.74, 6) is -0.363. The maximum absolute atomic E-state index is 11.9. The normalized spacial score (nSPS) is 10.7. The maximum Gasteiger partial charge on any atom is 0.337 e. The van der Waals surface area contributed by atoms with Gasteiger partial charge >= 0.3 is 5.97 Å². The van der Waals surface area contributed by atoms with E-state index in [0.717, 1.165) is 11.1 Å². The fourth-order valence-electron chi connectivity index (χ4n) is 2.52. The van der Waals surface area contributed by atoms with Crippen LogP contribution < -0.4 is 11.2 Å². The molecule has 1 heterocycles. The number of anilines is 1. The summed E-state index contributed by atoms with van der Waals surface area (Å²) in [5, 5.41) is 0.632. The van der Waals surface area contributed by atoms with Crippen LogP contribution in [0.15, 0.2) is 59.5 Å². The average Bonchev–Trinajstić information content (AvgIpc) is 2.57. The molecule has 3 aromatic rings. The van der Waals surface area contributed by atoms with Crippen LogP contribution in [-0.4, -0.2) is 17.6 Å². The molecule has 0 aliphatic heterocycles. The van der Waals surface area contributed by atoms with E-state index in [0.29, 0.717) is 23.2 Å². The van der Waals surface area contributed by atoms with Crippen LogP contribution in [-0.2, 0) is 11.3 Å². The molecule has 0 amide bonds. The van der Waals surface area contributed by atoms with Gasteiger partial charge in [0.05, 0.1) is 18.2 Å². The van der Waals surface area contributed by atoms with Crippen LogP contribution in [0.1, 0.15) is 15.9 Å². The van der Waals surface area contributed by atoms with Crippen molar-refractivity contribution < 1.29 is 9.53 Å². The summed E-state index contributed by atoms with van der Waals surface area (Å²) in [4.78, 5) is 23.4. The van der Waals surface area contributed by atoms with Crippen molar-refractivity contribution >= 4 is 22.6 Å². The number of esters is 1. The summed E-state index contributed by atoms with van der Waals surface area (Å²) in [5.41, 5.74) is 8.71. The highest BCUT2D eigenvalue weighted by Gasteiger charge is 2.07. The predicted octanol–water partition coefficient (Wildman–Crippen LogP) is 2.42. The third kappa shape index (κ3) is 2.94. The van der Waals surface area contributed by atoms with E-state index in [4.69, 9.17) is 5.73 Å². The molecular formula is C18H16N2O3. The van der Waals surface area contributed by atoms with E-state index in [-0.39, 0.29) is 11.4 Å². The number of nitrogens with two attached hydrogens (primary N) is 1. The topological polar surface area (TPSA) is 74.3 Å². The molecule has 0 bridgehead atoms. The number of carbonyl (C=O) groups is 1. The second-order valence-corrected chi connectivity index (χ2v) is 5.27. The fraction of sp³-hybridized carbons (Fsp3) is 0.111. The molecule has 116 valence electrons. The molecule has 0 unspecified atom stereocenters. The fourth-order valence-corrected chi connectivity index (χ4v) is 2.52. The van der Waals surface area contributed by atoms with Crippen molar-refractivity contribution in [1.82, 2.24) is 4.57 Å². The van der Waals surface area contributed by atoms with Gasteiger partial charge in [0.25, 0.3) is 0 Å². The zero-order valence-electron chi connectivity index (χ0n) is 12.7. The summed E-state index contributed by atoms with van der Waals surface area (Å²) in [6.07, 6.45) is 1.75. The molecule has 1 aromatic heterocycles. The van der Waals surface area contributed by atoms with E-state index in [2.05, 4.69) is 4.74 Å². The van der Waals surface area contributed by atoms with Crippen LogP contribution in [0.2, 0.25) is 0 Å². The second kappa shape index (κ2) is 5.96. The van der Waals surface area contributed by atoms with Crippen molar-refractivity contribution in [2.75, 3.05) is 12.8 Å². The largest absolute Gasteiger partial charge is 0.465 e. The van der Waals surface area contributed by atoms with Crippen molar-refractivity contribution in [1.29, 1.82) is 0 Å². The van der Waals surface area contributed by atoms with Gasteiger partial charge in [-0.2, -0.15) is 0 Å². The number of aromatic nitrogens is 1. The molecule has 0 aliphatic rings. The number of fused-ring (bicyclic) bond motifs is 1. The number of hydrogen-bond acceptors (Lipinski definition) is 4. The number of methoxy groups -OCH3 is 1. The van der Waals surface area contributed by atoms with Crippen LogP contribution in [0.3, 0.4) is 0 Å². The second-order valence-electron chi connectivity index (χ2n) is 5.27. The van der Waals surface area contributed by atoms with Crippen molar-refractivity contribution in [2.24, 2.45) is 0 Å². The molecule has 2 aromatic carbocycles. The lowest BCUT2D eigenvalue weighted by molar-refractivity contribution is 0.0600. The van der Waals surface area contributed by atoms with E-state index in [1.807, 2.05) is 16.7 Å². The smallest absolute Gasteiger partial charge is 0.337 e. The highest BCUT2D eigenvalue weighted by Crippen LogP contribution is 2.16. The monoisotopic (exact) mass is 308 g/mol. The Morgan fingerprint density at radius 1 is 1.13 bits per heavy atom. The SMILES string of the molecule is COC(=O)c1ccc(Cn2ccc(=O)c3ccc(N)cc32)cc1. The first-order valence-corrected chi connectivity index (χ1v) is 7.14. The highest BCUT2D eigenvalue weighted by atomic mass is 16.5. The minimum absolute atomic E-state index is 0.0303. The summed E-state index contributed by atoms with van der Waals surface area (Å²) in [6, 6.07) is 14.0. The van der Waals surface area contributed by atoms with E-state index in [1.165, 1.54) is 7.11 Å². The van der Waals surface area contributed by atoms with E-state index in [1.54, 1.807) is 42.6 Å². The lowest BCUT2D eigenvalue weighted by Crippen LogP contribution is -2.09. The van der Waals surface area contributed by atoms with Gasteiger partial charge in [-0.3, -0.25) is 4.79 Å². The Hall–Kier alpha value is -3.08. The number of nitrogens with zero attached hydrogens (tertiary/aromatic N) is 1. The first kappa shape index (κ1) is 14.8. The molecule has 23 heavy (non-hydrogen) atoms. The Morgan fingerprint density at radius 2 is 1.87 bits per heavy atom. The van der Waals surface area contributed by atoms with Crippen molar-refractivity contribution in [3.63, 3.8) is 0 Å². The third-order valence-corrected chi connectivity index (χ3v) is 3.73. The number of hydrogen-bond donors (Lipinski definition) is 1. The number of benzene rings is 2. The van der Waals surface area contributed by atoms with E-state index >= 15 is 0 Å². The number of nitrogen functional groups attached to an aromatic ring is 1. The van der Waals surface area contributed by atoms with E-state index < -0.39 is 0 Å². The first-order valence-electron chi connectivity index (χ1n) is 7.14. The Labute approximate surface area is 132 Å². The number of carbonyl (C=O) groups excluding carboxylic acids is 1. The molecule has 0 radical (unpaired) electrons.